The van der Waals surface area contributed by atoms with Crippen LogP contribution in [0.2, 0.25) is 0 Å². The quantitative estimate of drug-likeness (QED) is 0.276. The van der Waals surface area contributed by atoms with E-state index in [9.17, 15) is 29.1 Å². The summed E-state index contributed by atoms with van der Waals surface area (Å²) in [5, 5.41) is 13.4. The normalized spacial score (nSPS) is 15.7. The number of likely N-dealkylation sites (tertiary alicyclic amines) is 1. The molecule has 0 bridgehead atoms. The lowest BCUT2D eigenvalue weighted by molar-refractivity contribution is -0.149. The summed E-state index contributed by atoms with van der Waals surface area (Å²) < 4.78 is 5.24. The Morgan fingerprint density at radius 2 is 2.03 bits per heavy atom. The fourth-order valence-corrected chi connectivity index (χ4v) is 4.50. The molecule has 1 fully saturated rings. The van der Waals surface area contributed by atoms with Gasteiger partial charge < -0.3 is 25.0 Å². The lowest BCUT2D eigenvalue weighted by atomic mass is 10.1. The number of alkyl carbamates (subject to hydrolysis) is 1. The monoisotopic (exact) mass is 537 g/mol. The number of carbonyl (C=O) groups excluding carboxylic acids is 3. The fraction of sp³-hybridized carbons (Fsp3) is 0.414. The number of ether oxygens (including phenoxy) is 1. The third-order valence-corrected chi connectivity index (χ3v) is 6.40. The first-order valence-corrected chi connectivity index (χ1v) is 13.1. The second-order valence-corrected chi connectivity index (χ2v) is 9.79. The number of carbonyl (C=O) groups is 4. The van der Waals surface area contributed by atoms with Gasteiger partial charge in [0.1, 0.15) is 12.1 Å². The molecule has 2 atom stereocenters. The van der Waals surface area contributed by atoms with Crippen LogP contribution in [-0.2, 0) is 19.1 Å². The van der Waals surface area contributed by atoms with Crippen molar-refractivity contribution in [3.63, 3.8) is 0 Å². The van der Waals surface area contributed by atoms with Gasteiger partial charge in [-0.2, -0.15) is 0 Å². The summed E-state index contributed by atoms with van der Waals surface area (Å²) in [6.07, 6.45) is 8.20. The van der Waals surface area contributed by atoms with Gasteiger partial charge in [-0.05, 0) is 75.1 Å². The maximum Gasteiger partial charge on any atom is 0.407 e. The van der Waals surface area contributed by atoms with E-state index in [1.165, 1.54) is 11.0 Å². The highest BCUT2D eigenvalue weighted by Crippen LogP contribution is 2.20. The van der Waals surface area contributed by atoms with Crippen LogP contribution >= 0.6 is 0 Å². The number of aliphatic carboxylic acids is 1. The summed E-state index contributed by atoms with van der Waals surface area (Å²) in [6, 6.07) is 5.42. The number of nitrogens with zero attached hydrogens (tertiary/aromatic N) is 1. The molecule has 2 heterocycles. The van der Waals surface area contributed by atoms with Crippen LogP contribution in [-0.4, -0.2) is 64.0 Å². The highest BCUT2D eigenvalue weighted by molar-refractivity contribution is 5.92. The summed E-state index contributed by atoms with van der Waals surface area (Å²) in [4.78, 5) is 65.1. The molecule has 2 aromatic rings. The van der Waals surface area contributed by atoms with E-state index in [0.717, 1.165) is 16.5 Å². The first kappa shape index (κ1) is 29.3. The second kappa shape index (κ2) is 14.1. The van der Waals surface area contributed by atoms with E-state index < -0.39 is 30.1 Å². The Morgan fingerprint density at radius 3 is 2.77 bits per heavy atom. The zero-order chi connectivity index (χ0) is 28.4. The third kappa shape index (κ3) is 8.66. The Morgan fingerprint density at radius 1 is 1.23 bits per heavy atom. The topological polar surface area (TPSA) is 146 Å². The number of H-pyrrole nitrogens is 1. The van der Waals surface area contributed by atoms with Gasteiger partial charge in [0, 0.05) is 24.5 Å². The first-order chi connectivity index (χ1) is 18.7. The number of aromatic nitrogens is 1. The van der Waals surface area contributed by atoms with Crippen molar-refractivity contribution in [1.29, 1.82) is 0 Å². The van der Waals surface area contributed by atoms with Gasteiger partial charge in [-0.3, -0.25) is 14.4 Å². The molecule has 1 aliphatic heterocycles. The predicted octanol–water partition coefficient (Wildman–Crippen LogP) is 3.81. The van der Waals surface area contributed by atoms with Gasteiger partial charge in [-0.25, -0.2) is 9.59 Å². The van der Waals surface area contributed by atoms with E-state index in [4.69, 9.17) is 4.74 Å². The summed E-state index contributed by atoms with van der Waals surface area (Å²) in [7, 11) is 0. The number of nitrogens with one attached hydrogen (secondary N) is 2. The van der Waals surface area contributed by atoms with Crippen LogP contribution in [0.3, 0.4) is 0 Å². The molecule has 0 radical (unpaired) electrons. The largest absolute Gasteiger partial charge is 0.480 e. The zero-order valence-corrected chi connectivity index (χ0v) is 22.3. The van der Waals surface area contributed by atoms with Gasteiger partial charge in [0.05, 0.1) is 6.61 Å². The smallest absolute Gasteiger partial charge is 0.407 e. The molecular formula is C29H35N3O7. The van der Waals surface area contributed by atoms with Crippen LogP contribution < -0.4 is 10.9 Å². The van der Waals surface area contributed by atoms with E-state index in [-0.39, 0.29) is 37.3 Å². The van der Waals surface area contributed by atoms with Crippen molar-refractivity contribution < 1.29 is 29.0 Å². The molecule has 0 aliphatic carbocycles. The Labute approximate surface area is 226 Å². The van der Waals surface area contributed by atoms with Crippen molar-refractivity contribution in [3.8, 4) is 0 Å². The van der Waals surface area contributed by atoms with Crippen molar-refractivity contribution in [2.24, 2.45) is 0 Å². The van der Waals surface area contributed by atoms with E-state index in [2.05, 4.69) is 10.3 Å². The number of rotatable bonds is 12. The molecule has 0 spiro atoms. The minimum absolute atomic E-state index is 0.0267. The molecular weight excluding hydrogens is 502 g/mol. The third-order valence-electron chi connectivity index (χ3n) is 6.40. The number of fused-ring (bicyclic) bond motifs is 1. The van der Waals surface area contributed by atoms with Gasteiger partial charge in [0.25, 0.3) is 5.56 Å². The Balaban J connectivity index is 1.51. The van der Waals surface area contributed by atoms with Crippen molar-refractivity contribution in [2.75, 3.05) is 13.2 Å². The highest BCUT2D eigenvalue weighted by Gasteiger charge is 2.37. The second-order valence-electron chi connectivity index (χ2n) is 9.79. The number of aromatic amines is 1. The minimum Gasteiger partial charge on any atom is -0.480 e. The molecule has 1 aromatic heterocycles. The van der Waals surface area contributed by atoms with Crippen molar-refractivity contribution in [1.82, 2.24) is 15.2 Å². The standard InChI is InChI=1S/C29H35N3O7/c1-19(2)17-22(33)11-12-24(27(35)32-15-6-8-25(32)28(36)37)31-29(38)39-16-5-3-4-7-20-9-10-21-13-14-30-26(34)23(21)18-20/h4,7,9-10,13-14,17-18,24-25H,3,5-6,8,11-12,15-16H2,1-2H3,(H,30,34)(H,31,38)(H,36,37)/b7-4+/t24-,25-/m0/s1. The number of amides is 2. The summed E-state index contributed by atoms with van der Waals surface area (Å²) in [5.41, 5.74) is 1.55. The summed E-state index contributed by atoms with van der Waals surface area (Å²) in [5.74, 6) is -1.80. The maximum atomic E-state index is 13.1. The number of benzene rings is 1. The number of allylic oxidation sites excluding steroid dienone is 3. The van der Waals surface area contributed by atoms with E-state index in [1.807, 2.05) is 36.4 Å². The van der Waals surface area contributed by atoms with Crippen molar-refractivity contribution in [2.45, 2.75) is 64.5 Å². The van der Waals surface area contributed by atoms with E-state index in [1.54, 1.807) is 20.0 Å². The number of hydrogen-bond donors (Lipinski definition) is 3. The van der Waals surface area contributed by atoms with E-state index >= 15 is 0 Å². The Kier molecular flexibility index (Phi) is 10.6. The van der Waals surface area contributed by atoms with Crippen molar-refractivity contribution >= 4 is 40.6 Å². The molecule has 10 nitrogen and oxygen atoms in total. The van der Waals surface area contributed by atoms with Crippen molar-refractivity contribution in [3.05, 3.63) is 64.1 Å². The summed E-state index contributed by atoms with van der Waals surface area (Å²) in [6.45, 7) is 3.96. The fourth-order valence-electron chi connectivity index (χ4n) is 4.50. The molecule has 10 heteroatoms. The van der Waals surface area contributed by atoms with Gasteiger partial charge in [0.15, 0.2) is 5.78 Å². The molecule has 1 saturated heterocycles. The SMILES string of the molecule is CC(C)=CC(=O)CC[C@H](NC(=O)OCCC/C=C/c1ccc2cc[nH]c(=O)c2c1)C(=O)N1CCC[C@H]1C(=O)O. The molecule has 0 unspecified atom stereocenters. The van der Waals surface area contributed by atoms with Crippen LogP contribution in [0.1, 0.15) is 57.9 Å². The molecule has 1 aliphatic rings. The van der Waals surface area contributed by atoms with Crippen LogP contribution in [0.25, 0.3) is 16.8 Å². The molecule has 2 amide bonds. The predicted molar refractivity (Wildman–Crippen MR) is 147 cm³/mol. The molecule has 0 saturated carbocycles. The summed E-state index contributed by atoms with van der Waals surface area (Å²) >= 11 is 0. The number of carboxylic acid groups (broad SMARTS) is 1. The number of unbranched alkanes of at least 4 members (excludes halogenated alkanes) is 1. The van der Waals surface area contributed by atoms with Gasteiger partial charge in [-0.15, -0.1) is 0 Å². The highest BCUT2D eigenvalue weighted by atomic mass is 16.5. The van der Waals surface area contributed by atoms with Gasteiger partial charge >= 0.3 is 12.1 Å². The van der Waals surface area contributed by atoms with Gasteiger partial charge in [0.2, 0.25) is 5.91 Å². The number of hydrogen-bond acceptors (Lipinski definition) is 6. The maximum absolute atomic E-state index is 13.1. The minimum atomic E-state index is -1.09. The van der Waals surface area contributed by atoms with E-state index in [0.29, 0.717) is 31.1 Å². The molecule has 1 aromatic carbocycles. The average Bonchev–Trinajstić information content (AvgIpc) is 3.39. The molecule has 208 valence electrons. The Bertz CT molecular complexity index is 1320. The van der Waals surface area contributed by atoms with Crippen LogP contribution in [0.15, 0.2) is 53.0 Å². The number of pyridine rings is 1. The zero-order valence-electron chi connectivity index (χ0n) is 22.3. The van der Waals surface area contributed by atoms with Gasteiger partial charge in [-0.1, -0.05) is 29.9 Å². The number of ketones is 1. The molecule has 3 rings (SSSR count). The lowest BCUT2D eigenvalue weighted by Gasteiger charge is -2.27. The van der Waals surface area contributed by atoms with Crippen LogP contribution in [0.4, 0.5) is 4.79 Å². The lowest BCUT2D eigenvalue weighted by Crippen LogP contribution is -2.52. The Hall–Kier alpha value is -4.21. The van der Waals surface area contributed by atoms with Crippen LogP contribution in [0, 0.1) is 0 Å². The molecule has 39 heavy (non-hydrogen) atoms. The first-order valence-electron chi connectivity index (χ1n) is 13.1. The van der Waals surface area contributed by atoms with Crippen LogP contribution in [0.5, 0.6) is 0 Å². The molecule has 3 N–H and O–H groups in total. The average molecular weight is 538 g/mol. The number of carboxylic acids is 1.